The molecule has 0 aliphatic heterocycles. The first kappa shape index (κ1) is 11.3. The van der Waals surface area contributed by atoms with Gasteiger partial charge < -0.3 is 5.11 Å². The van der Waals surface area contributed by atoms with Crippen molar-refractivity contribution in [2.75, 3.05) is 0 Å². The number of hydrogen-bond donors (Lipinski definition) is 1. The van der Waals surface area contributed by atoms with Crippen LogP contribution >= 0.6 is 11.3 Å². The summed E-state index contributed by atoms with van der Waals surface area (Å²) in [5, 5.41) is 18.3. The summed E-state index contributed by atoms with van der Waals surface area (Å²) in [5.74, 6) is -1.17. The molecule has 0 saturated heterocycles. The Kier molecular flexibility index (Phi) is 2.90. The molecule has 0 aliphatic rings. The summed E-state index contributed by atoms with van der Waals surface area (Å²) in [6.07, 6.45) is 0. The highest BCUT2D eigenvalue weighted by Gasteiger charge is 2.17. The van der Waals surface area contributed by atoms with Crippen LogP contribution in [-0.4, -0.2) is 16.1 Å². The molecule has 0 fully saturated rings. The minimum Gasteiger partial charge on any atom is -0.476 e. The Bertz CT molecular complexity index is 626. The van der Waals surface area contributed by atoms with Crippen LogP contribution in [0.15, 0.2) is 24.3 Å². The number of aryl methyl sites for hydroxylation is 1. The second-order valence-electron chi connectivity index (χ2n) is 3.48. The molecule has 0 atom stereocenters. The Labute approximate surface area is 102 Å². The van der Waals surface area contributed by atoms with Crippen molar-refractivity contribution in [1.82, 2.24) is 4.98 Å². The summed E-state index contributed by atoms with van der Waals surface area (Å²) in [5.41, 5.74) is 1.72. The molecule has 1 aromatic carbocycles. The zero-order chi connectivity index (χ0) is 12.4. The third-order valence-electron chi connectivity index (χ3n) is 2.20. The maximum atomic E-state index is 10.9. The fourth-order valence-corrected chi connectivity index (χ4v) is 2.29. The summed E-state index contributed by atoms with van der Waals surface area (Å²) < 4.78 is 0. The van der Waals surface area contributed by atoms with Gasteiger partial charge >= 0.3 is 5.97 Å². The van der Waals surface area contributed by atoms with E-state index < -0.39 is 5.97 Å². The van der Waals surface area contributed by atoms with E-state index in [2.05, 4.69) is 4.98 Å². The lowest BCUT2D eigenvalue weighted by molar-refractivity contribution is 0.0691. The van der Waals surface area contributed by atoms with Gasteiger partial charge in [-0.25, -0.2) is 9.78 Å². The molecular formula is C12H8N2O2S. The van der Waals surface area contributed by atoms with E-state index in [1.165, 1.54) is 0 Å². The molecule has 17 heavy (non-hydrogen) atoms. The van der Waals surface area contributed by atoms with Gasteiger partial charge in [-0.2, -0.15) is 5.26 Å². The monoisotopic (exact) mass is 244 g/mol. The minimum atomic E-state index is -1.17. The molecule has 5 heteroatoms. The smallest absolute Gasteiger partial charge is 0.356 e. The number of thiazole rings is 1. The SMILES string of the molecule is Cc1cccc(-c2nc(C(=O)O)c(C#N)s2)c1. The Hall–Kier alpha value is -2.19. The summed E-state index contributed by atoms with van der Waals surface area (Å²) in [7, 11) is 0. The van der Waals surface area contributed by atoms with Crippen molar-refractivity contribution >= 4 is 17.3 Å². The van der Waals surface area contributed by atoms with E-state index in [0.29, 0.717) is 5.01 Å². The van der Waals surface area contributed by atoms with Gasteiger partial charge in [0.05, 0.1) is 0 Å². The number of carbonyl (C=O) groups is 1. The largest absolute Gasteiger partial charge is 0.476 e. The normalized spacial score (nSPS) is 9.88. The lowest BCUT2D eigenvalue weighted by Crippen LogP contribution is -1.98. The topological polar surface area (TPSA) is 74.0 Å². The van der Waals surface area contributed by atoms with E-state index in [9.17, 15) is 4.79 Å². The Morgan fingerprint density at radius 1 is 1.53 bits per heavy atom. The van der Waals surface area contributed by atoms with Gasteiger partial charge in [0.25, 0.3) is 0 Å². The highest BCUT2D eigenvalue weighted by Crippen LogP contribution is 2.28. The molecule has 4 nitrogen and oxygen atoms in total. The van der Waals surface area contributed by atoms with E-state index in [0.717, 1.165) is 22.5 Å². The first-order valence-electron chi connectivity index (χ1n) is 4.83. The van der Waals surface area contributed by atoms with Crippen LogP contribution in [-0.2, 0) is 0 Å². The predicted molar refractivity (Wildman–Crippen MR) is 64.0 cm³/mol. The molecule has 2 aromatic rings. The highest BCUT2D eigenvalue weighted by atomic mass is 32.1. The first-order chi connectivity index (χ1) is 8.11. The number of aromatic carboxylic acids is 1. The Morgan fingerprint density at radius 3 is 2.82 bits per heavy atom. The van der Waals surface area contributed by atoms with Crippen molar-refractivity contribution in [3.63, 3.8) is 0 Å². The number of carboxylic acids is 1. The predicted octanol–water partition coefficient (Wildman–Crippen LogP) is 2.69. The van der Waals surface area contributed by atoms with Crippen molar-refractivity contribution in [3.05, 3.63) is 40.4 Å². The van der Waals surface area contributed by atoms with Gasteiger partial charge in [-0.05, 0) is 13.0 Å². The van der Waals surface area contributed by atoms with Crippen molar-refractivity contribution in [1.29, 1.82) is 5.26 Å². The average molecular weight is 244 g/mol. The van der Waals surface area contributed by atoms with Gasteiger partial charge in [0.15, 0.2) is 5.69 Å². The van der Waals surface area contributed by atoms with E-state index in [-0.39, 0.29) is 10.6 Å². The van der Waals surface area contributed by atoms with Gasteiger partial charge in [0.2, 0.25) is 0 Å². The lowest BCUT2D eigenvalue weighted by Gasteiger charge is -1.96. The zero-order valence-corrected chi connectivity index (χ0v) is 9.78. The molecule has 1 N–H and O–H groups in total. The standard InChI is InChI=1S/C12H8N2O2S/c1-7-3-2-4-8(5-7)11-14-10(12(15)16)9(6-13)17-11/h2-5H,1H3,(H,15,16). The van der Waals surface area contributed by atoms with Gasteiger partial charge in [-0.3, -0.25) is 0 Å². The molecule has 0 aliphatic carbocycles. The molecule has 1 aromatic heterocycles. The van der Waals surface area contributed by atoms with Gasteiger partial charge in [-0.1, -0.05) is 23.8 Å². The number of rotatable bonds is 2. The molecule has 0 amide bonds. The highest BCUT2D eigenvalue weighted by molar-refractivity contribution is 7.15. The van der Waals surface area contributed by atoms with E-state index in [1.54, 1.807) is 0 Å². The second-order valence-corrected chi connectivity index (χ2v) is 4.48. The van der Waals surface area contributed by atoms with E-state index >= 15 is 0 Å². The molecule has 1 heterocycles. The fraction of sp³-hybridized carbons (Fsp3) is 0.0833. The number of aromatic nitrogens is 1. The first-order valence-corrected chi connectivity index (χ1v) is 5.64. The zero-order valence-electron chi connectivity index (χ0n) is 8.97. The van der Waals surface area contributed by atoms with Gasteiger partial charge in [-0.15, -0.1) is 11.3 Å². The summed E-state index contributed by atoms with van der Waals surface area (Å²) in [6.45, 7) is 1.94. The molecule has 0 spiro atoms. The molecule has 2 rings (SSSR count). The van der Waals surface area contributed by atoms with Crippen LogP contribution in [0.3, 0.4) is 0 Å². The van der Waals surface area contributed by atoms with Crippen LogP contribution in [0.5, 0.6) is 0 Å². The molecule has 0 unspecified atom stereocenters. The number of nitriles is 1. The van der Waals surface area contributed by atoms with Crippen molar-refractivity contribution < 1.29 is 9.90 Å². The van der Waals surface area contributed by atoms with Crippen LogP contribution in [0.2, 0.25) is 0 Å². The maximum absolute atomic E-state index is 10.9. The van der Waals surface area contributed by atoms with Crippen molar-refractivity contribution in [3.8, 4) is 16.6 Å². The van der Waals surface area contributed by atoms with Crippen LogP contribution < -0.4 is 0 Å². The third kappa shape index (κ3) is 2.17. The molecule has 0 bridgehead atoms. The third-order valence-corrected chi connectivity index (χ3v) is 3.21. The Balaban J connectivity index is 2.55. The van der Waals surface area contributed by atoms with Crippen LogP contribution in [0.1, 0.15) is 20.9 Å². The van der Waals surface area contributed by atoms with Crippen LogP contribution in [0.25, 0.3) is 10.6 Å². The summed E-state index contributed by atoms with van der Waals surface area (Å²) in [6, 6.07) is 9.43. The van der Waals surface area contributed by atoms with Gasteiger partial charge in [0, 0.05) is 5.56 Å². The maximum Gasteiger partial charge on any atom is 0.356 e. The number of hydrogen-bond acceptors (Lipinski definition) is 4. The van der Waals surface area contributed by atoms with Crippen molar-refractivity contribution in [2.24, 2.45) is 0 Å². The molecule has 84 valence electrons. The number of nitrogens with zero attached hydrogens (tertiary/aromatic N) is 2. The molecule has 0 saturated carbocycles. The summed E-state index contributed by atoms with van der Waals surface area (Å²) >= 11 is 1.10. The van der Waals surface area contributed by atoms with E-state index in [4.69, 9.17) is 10.4 Å². The lowest BCUT2D eigenvalue weighted by atomic mass is 10.1. The van der Waals surface area contributed by atoms with Crippen LogP contribution in [0, 0.1) is 18.3 Å². The number of carboxylic acid groups (broad SMARTS) is 1. The quantitative estimate of drug-likeness (QED) is 0.881. The minimum absolute atomic E-state index is 0.133. The van der Waals surface area contributed by atoms with Crippen molar-refractivity contribution in [2.45, 2.75) is 6.92 Å². The Morgan fingerprint density at radius 2 is 2.29 bits per heavy atom. The second kappa shape index (κ2) is 4.36. The average Bonchev–Trinajstić information content (AvgIpc) is 2.73. The molecule has 0 radical (unpaired) electrons. The molecular weight excluding hydrogens is 236 g/mol. The van der Waals surface area contributed by atoms with Gasteiger partial charge in [0.1, 0.15) is 16.0 Å². The fourth-order valence-electron chi connectivity index (χ4n) is 1.44. The van der Waals surface area contributed by atoms with E-state index in [1.807, 2.05) is 37.3 Å². The van der Waals surface area contributed by atoms with Crippen LogP contribution in [0.4, 0.5) is 0 Å². The number of benzene rings is 1. The summed E-state index contributed by atoms with van der Waals surface area (Å²) in [4.78, 5) is 15.0.